The molecule has 0 rings (SSSR count). The highest BCUT2D eigenvalue weighted by Gasteiger charge is 2.28. The molecule has 0 spiro atoms. The molecule has 112 valence electrons. The van der Waals surface area contributed by atoms with Gasteiger partial charge in [0, 0.05) is 17.4 Å². The van der Waals surface area contributed by atoms with E-state index in [0.717, 1.165) is 0 Å². The molecule has 4 nitrogen and oxygen atoms in total. The molecule has 1 N–H and O–H groups in total. The van der Waals surface area contributed by atoms with E-state index in [2.05, 4.69) is 5.32 Å². The van der Waals surface area contributed by atoms with E-state index in [1.807, 2.05) is 41.5 Å². The molecule has 0 saturated carbocycles. The molecule has 0 aliphatic rings. The van der Waals surface area contributed by atoms with Gasteiger partial charge in [0.1, 0.15) is 11.8 Å². The lowest BCUT2D eigenvalue weighted by Gasteiger charge is -2.27. The molecular weight excluding hydrogens is 242 g/mol. The molecular formula is C15H29NO3. The lowest BCUT2D eigenvalue weighted by atomic mass is 9.87. The first-order valence-corrected chi connectivity index (χ1v) is 6.95. The highest BCUT2D eigenvalue weighted by atomic mass is 16.5. The van der Waals surface area contributed by atoms with Gasteiger partial charge in [-0.2, -0.15) is 0 Å². The van der Waals surface area contributed by atoms with E-state index in [4.69, 9.17) is 4.74 Å². The van der Waals surface area contributed by atoms with Crippen molar-refractivity contribution in [1.82, 2.24) is 5.32 Å². The summed E-state index contributed by atoms with van der Waals surface area (Å²) in [5.41, 5.74) is -0.552. The van der Waals surface area contributed by atoms with E-state index in [0.29, 0.717) is 19.4 Å². The highest BCUT2D eigenvalue weighted by molar-refractivity contribution is 5.84. The fourth-order valence-electron chi connectivity index (χ4n) is 1.66. The predicted octanol–water partition coefficient (Wildman–Crippen LogP) is 2.70. The van der Waals surface area contributed by atoms with Crippen LogP contribution in [0.1, 0.15) is 61.3 Å². The molecule has 0 aromatic rings. The minimum absolute atomic E-state index is 0.164. The van der Waals surface area contributed by atoms with Crippen molar-refractivity contribution in [3.63, 3.8) is 0 Å². The smallest absolute Gasteiger partial charge is 0.323 e. The van der Waals surface area contributed by atoms with E-state index < -0.39 is 6.04 Å². The largest absolute Gasteiger partial charge is 0.465 e. The monoisotopic (exact) mass is 271 g/mol. The van der Waals surface area contributed by atoms with Gasteiger partial charge in [0.05, 0.1) is 6.61 Å². The summed E-state index contributed by atoms with van der Waals surface area (Å²) in [4.78, 5) is 23.8. The Labute approximate surface area is 117 Å². The number of hydrogen-bond donors (Lipinski definition) is 1. The number of ketones is 1. The molecule has 0 fully saturated rings. The van der Waals surface area contributed by atoms with Crippen LogP contribution in [0.2, 0.25) is 0 Å². The number of esters is 1. The van der Waals surface area contributed by atoms with E-state index >= 15 is 0 Å². The number of carbonyl (C=O) groups is 2. The van der Waals surface area contributed by atoms with Gasteiger partial charge in [0.15, 0.2) is 0 Å². The van der Waals surface area contributed by atoms with Crippen molar-refractivity contribution in [2.45, 2.75) is 72.9 Å². The van der Waals surface area contributed by atoms with Crippen LogP contribution in [0.3, 0.4) is 0 Å². The lowest BCUT2D eigenvalue weighted by molar-refractivity contribution is -0.146. The summed E-state index contributed by atoms with van der Waals surface area (Å²) in [5, 5.41) is 3.22. The van der Waals surface area contributed by atoms with Crippen LogP contribution in [0.15, 0.2) is 0 Å². The number of rotatable bonds is 6. The first kappa shape index (κ1) is 18.1. The Morgan fingerprint density at radius 3 is 2.00 bits per heavy atom. The quantitative estimate of drug-likeness (QED) is 0.755. The normalized spacial score (nSPS) is 14.1. The van der Waals surface area contributed by atoms with Gasteiger partial charge in [-0.15, -0.1) is 0 Å². The van der Waals surface area contributed by atoms with Crippen LogP contribution in [-0.2, 0) is 14.3 Å². The van der Waals surface area contributed by atoms with Crippen molar-refractivity contribution < 1.29 is 14.3 Å². The SMILES string of the molecule is CCOC(=O)[C@@H](CCC(=O)C(C)(C)C)NC(C)(C)C. The summed E-state index contributed by atoms with van der Waals surface area (Å²) in [5.74, 6) is -0.114. The van der Waals surface area contributed by atoms with Crippen LogP contribution in [-0.4, -0.2) is 29.9 Å². The van der Waals surface area contributed by atoms with Gasteiger partial charge in [-0.3, -0.25) is 14.9 Å². The molecule has 0 aliphatic carbocycles. The summed E-state index contributed by atoms with van der Waals surface area (Å²) in [6.07, 6.45) is 0.863. The lowest BCUT2D eigenvalue weighted by Crippen LogP contribution is -2.48. The molecule has 19 heavy (non-hydrogen) atoms. The van der Waals surface area contributed by atoms with Gasteiger partial charge in [0.2, 0.25) is 0 Å². The summed E-state index contributed by atoms with van der Waals surface area (Å²) < 4.78 is 5.06. The second-order valence-corrected chi connectivity index (χ2v) is 6.91. The Hall–Kier alpha value is -0.900. The number of hydrogen-bond acceptors (Lipinski definition) is 4. The van der Waals surface area contributed by atoms with Crippen LogP contribution in [0.5, 0.6) is 0 Å². The molecule has 4 heteroatoms. The van der Waals surface area contributed by atoms with Crippen LogP contribution >= 0.6 is 0 Å². The Balaban J connectivity index is 4.60. The molecule has 0 saturated heterocycles. The molecule has 1 atom stereocenters. The molecule has 0 aliphatic heterocycles. The number of carbonyl (C=O) groups excluding carboxylic acids is 2. The van der Waals surface area contributed by atoms with Crippen molar-refractivity contribution >= 4 is 11.8 Å². The van der Waals surface area contributed by atoms with Crippen LogP contribution in [0.4, 0.5) is 0 Å². The number of ether oxygens (including phenoxy) is 1. The van der Waals surface area contributed by atoms with Gasteiger partial charge in [-0.25, -0.2) is 0 Å². The van der Waals surface area contributed by atoms with Crippen LogP contribution in [0, 0.1) is 5.41 Å². The summed E-state index contributed by atoms with van der Waals surface area (Å²) in [6, 6.07) is -0.425. The number of Topliss-reactive ketones (excluding diaryl/α,β-unsaturated/α-hetero) is 1. The second-order valence-electron chi connectivity index (χ2n) is 6.91. The zero-order chi connectivity index (χ0) is 15.3. The van der Waals surface area contributed by atoms with Gasteiger partial charge in [-0.05, 0) is 34.1 Å². The van der Waals surface area contributed by atoms with E-state index in [9.17, 15) is 9.59 Å². The zero-order valence-corrected chi connectivity index (χ0v) is 13.4. The minimum atomic E-state index is -0.425. The average Bonchev–Trinajstić information content (AvgIpc) is 2.20. The van der Waals surface area contributed by atoms with Crippen molar-refractivity contribution in [2.24, 2.45) is 5.41 Å². The van der Waals surface area contributed by atoms with Crippen molar-refractivity contribution in [3.05, 3.63) is 0 Å². The summed E-state index contributed by atoms with van der Waals surface area (Å²) >= 11 is 0. The molecule has 0 heterocycles. The fourth-order valence-corrected chi connectivity index (χ4v) is 1.66. The molecule has 0 aromatic carbocycles. The van der Waals surface area contributed by atoms with E-state index in [-0.39, 0.29) is 22.7 Å². The Morgan fingerprint density at radius 1 is 1.11 bits per heavy atom. The standard InChI is InChI=1S/C15H29NO3/c1-8-19-13(18)11(16-15(5,6)7)9-10-12(17)14(2,3)4/h11,16H,8-10H2,1-7H3/t11-/m1/s1. The summed E-state index contributed by atoms with van der Waals surface area (Å²) in [7, 11) is 0. The number of nitrogens with one attached hydrogen (secondary N) is 1. The Morgan fingerprint density at radius 2 is 1.63 bits per heavy atom. The first-order valence-electron chi connectivity index (χ1n) is 6.95. The molecule has 0 unspecified atom stereocenters. The average molecular weight is 271 g/mol. The maximum absolute atomic E-state index is 11.9. The van der Waals surface area contributed by atoms with Gasteiger partial charge in [0.25, 0.3) is 0 Å². The first-order chi connectivity index (χ1) is 8.47. The Kier molecular flexibility index (Phi) is 6.70. The zero-order valence-electron chi connectivity index (χ0n) is 13.4. The third-order valence-electron chi connectivity index (χ3n) is 2.67. The second kappa shape index (κ2) is 7.04. The fraction of sp³-hybridized carbons (Fsp3) is 0.867. The molecule has 0 aromatic heterocycles. The maximum atomic E-state index is 11.9. The van der Waals surface area contributed by atoms with Crippen LogP contribution in [0.25, 0.3) is 0 Å². The molecule has 0 bridgehead atoms. The van der Waals surface area contributed by atoms with E-state index in [1.165, 1.54) is 0 Å². The van der Waals surface area contributed by atoms with Crippen LogP contribution < -0.4 is 5.32 Å². The van der Waals surface area contributed by atoms with Crippen molar-refractivity contribution in [2.75, 3.05) is 6.61 Å². The highest BCUT2D eigenvalue weighted by Crippen LogP contribution is 2.19. The maximum Gasteiger partial charge on any atom is 0.323 e. The third-order valence-corrected chi connectivity index (χ3v) is 2.67. The van der Waals surface area contributed by atoms with E-state index in [1.54, 1.807) is 6.92 Å². The predicted molar refractivity (Wildman–Crippen MR) is 77.0 cm³/mol. The van der Waals surface area contributed by atoms with Gasteiger partial charge < -0.3 is 4.74 Å². The third kappa shape index (κ3) is 7.98. The van der Waals surface area contributed by atoms with Crippen molar-refractivity contribution in [3.8, 4) is 0 Å². The van der Waals surface area contributed by atoms with Gasteiger partial charge in [-0.1, -0.05) is 20.8 Å². The van der Waals surface area contributed by atoms with Gasteiger partial charge >= 0.3 is 5.97 Å². The minimum Gasteiger partial charge on any atom is -0.465 e. The topological polar surface area (TPSA) is 55.4 Å². The molecule has 0 amide bonds. The molecule has 0 radical (unpaired) electrons. The van der Waals surface area contributed by atoms with Crippen molar-refractivity contribution in [1.29, 1.82) is 0 Å². The Bertz CT molecular complexity index is 310. The summed E-state index contributed by atoms with van der Waals surface area (Å²) in [6.45, 7) is 13.8.